The van der Waals surface area contributed by atoms with Crippen LogP contribution in [0.4, 0.5) is 5.69 Å². The number of amides is 1. The van der Waals surface area contributed by atoms with Gasteiger partial charge in [-0.15, -0.1) is 11.8 Å². The minimum atomic E-state index is -0.324. The average molecular weight is 347 g/mol. The predicted octanol–water partition coefficient (Wildman–Crippen LogP) is 5.62. The molecule has 1 amide bonds. The Hall–Kier alpha value is -0.870. The molecule has 2 aromatic carbocycles. The Kier molecular flexibility index (Phi) is 5.22. The van der Waals surface area contributed by atoms with Gasteiger partial charge in [0.05, 0.1) is 21.3 Å². The van der Waals surface area contributed by atoms with E-state index in [0.717, 1.165) is 4.90 Å². The summed E-state index contributed by atoms with van der Waals surface area (Å²) in [6.07, 6.45) is 1.93. The van der Waals surface area contributed by atoms with Crippen molar-refractivity contribution in [2.75, 3.05) is 11.6 Å². The summed E-state index contributed by atoms with van der Waals surface area (Å²) in [5.41, 5.74) is 0.851. The maximum absolute atomic E-state index is 12.3. The highest BCUT2D eigenvalue weighted by Crippen LogP contribution is 2.28. The molecule has 0 radical (unpaired) electrons. The largest absolute Gasteiger partial charge is 0.321 e. The molecule has 0 aromatic heterocycles. The average Bonchev–Trinajstić information content (AvgIpc) is 2.43. The van der Waals surface area contributed by atoms with Gasteiger partial charge in [0.2, 0.25) is 0 Å². The lowest BCUT2D eigenvalue weighted by Gasteiger charge is -2.09. The quantitative estimate of drug-likeness (QED) is 0.731. The fourth-order valence-electron chi connectivity index (χ4n) is 1.59. The molecule has 0 saturated carbocycles. The molecule has 20 heavy (non-hydrogen) atoms. The Bertz CT molecular complexity index is 661. The Balaban J connectivity index is 2.30. The third-order valence-corrected chi connectivity index (χ3v) is 4.21. The molecular formula is C14H10Cl3NOS. The van der Waals surface area contributed by atoms with E-state index in [1.54, 1.807) is 30.3 Å². The lowest BCUT2D eigenvalue weighted by molar-refractivity contribution is 0.102. The van der Waals surface area contributed by atoms with Gasteiger partial charge in [-0.1, -0.05) is 34.8 Å². The van der Waals surface area contributed by atoms with Crippen molar-refractivity contribution in [1.29, 1.82) is 0 Å². The molecule has 0 aliphatic carbocycles. The molecule has 0 aliphatic heterocycles. The maximum Gasteiger partial charge on any atom is 0.257 e. The van der Waals surface area contributed by atoms with E-state index in [0.29, 0.717) is 26.3 Å². The lowest BCUT2D eigenvalue weighted by atomic mass is 10.2. The van der Waals surface area contributed by atoms with Crippen LogP contribution in [0.3, 0.4) is 0 Å². The molecule has 0 atom stereocenters. The zero-order chi connectivity index (χ0) is 14.7. The molecule has 6 heteroatoms. The molecule has 0 saturated heterocycles. The van der Waals surface area contributed by atoms with E-state index >= 15 is 0 Å². The number of anilines is 1. The van der Waals surface area contributed by atoms with Crippen LogP contribution < -0.4 is 5.32 Å². The first-order chi connectivity index (χ1) is 9.51. The van der Waals surface area contributed by atoms with E-state index in [-0.39, 0.29) is 5.91 Å². The van der Waals surface area contributed by atoms with Crippen molar-refractivity contribution in [2.45, 2.75) is 4.90 Å². The molecule has 2 aromatic rings. The Morgan fingerprint density at radius 2 is 1.75 bits per heavy atom. The molecule has 0 bridgehead atoms. The van der Waals surface area contributed by atoms with Crippen molar-refractivity contribution in [2.24, 2.45) is 0 Å². The second-order valence-electron chi connectivity index (χ2n) is 3.92. The van der Waals surface area contributed by atoms with Gasteiger partial charge in [-0.05, 0) is 42.7 Å². The van der Waals surface area contributed by atoms with Gasteiger partial charge < -0.3 is 5.32 Å². The third kappa shape index (κ3) is 3.61. The predicted molar refractivity (Wildman–Crippen MR) is 87.6 cm³/mol. The van der Waals surface area contributed by atoms with Crippen LogP contribution in [0.25, 0.3) is 0 Å². The SMILES string of the molecule is CSc1ccc(Cl)c(C(=O)Nc2cc(Cl)ccc2Cl)c1. The number of halogens is 3. The summed E-state index contributed by atoms with van der Waals surface area (Å²) in [7, 11) is 0. The fourth-order valence-corrected chi connectivity index (χ4v) is 2.57. The molecule has 2 nitrogen and oxygen atoms in total. The van der Waals surface area contributed by atoms with Gasteiger partial charge in [-0.25, -0.2) is 0 Å². The second-order valence-corrected chi connectivity index (χ2v) is 6.05. The van der Waals surface area contributed by atoms with Gasteiger partial charge >= 0.3 is 0 Å². The summed E-state index contributed by atoms with van der Waals surface area (Å²) >= 11 is 19.5. The van der Waals surface area contributed by atoms with Crippen LogP contribution in [0, 0.1) is 0 Å². The summed E-state index contributed by atoms with van der Waals surface area (Å²) in [5.74, 6) is -0.324. The van der Waals surface area contributed by atoms with Crippen molar-refractivity contribution in [1.82, 2.24) is 0 Å². The fraction of sp³-hybridized carbons (Fsp3) is 0.0714. The Morgan fingerprint density at radius 3 is 2.45 bits per heavy atom. The van der Waals surface area contributed by atoms with Crippen molar-refractivity contribution in [3.05, 3.63) is 57.0 Å². The molecule has 0 fully saturated rings. The van der Waals surface area contributed by atoms with E-state index in [1.165, 1.54) is 11.8 Å². The summed E-state index contributed by atoms with van der Waals surface area (Å²) in [4.78, 5) is 13.2. The minimum Gasteiger partial charge on any atom is -0.321 e. The van der Waals surface area contributed by atoms with E-state index in [9.17, 15) is 4.79 Å². The van der Waals surface area contributed by atoms with Gasteiger partial charge in [0, 0.05) is 9.92 Å². The molecule has 0 unspecified atom stereocenters. The first-order valence-electron chi connectivity index (χ1n) is 5.61. The summed E-state index contributed by atoms with van der Waals surface area (Å²) in [6, 6.07) is 10.2. The summed E-state index contributed by atoms with van der Waals surface area (Å²) in [6.45, 7) is 0. The van der Waals surface area contributed by atoms with Gasteiger partial charge in [0.25, 0.3) is 5.91 Å². The smallest absolute Gasteiger partial charge is 0.257 e. The maximum atomic E-state index is 12.3. The topological polar surface area (TPSA) is 29.1 Å². The molecule has 0 spiro atoms. The highest BCUT2D eigenvalue weighted by Gasteiger charge is 2.13. The van der Waals surface area contributed by atoms with Crippen LogP contribution in [0.5, 0.6) is 0 Å². The van der Waals surface area contributed by atoms with Crippen LogP contribution in [0.2, 0.25) is 15.1 Å². The van der Waals surface area contributed by atoms with Gasteiger partial charge in [0.1, 0.15) is 0 Å². The third-order valence-electron chi connectivity index (χ3n) is 2.59. The van der Waals surface area contributed by atoms with E-state index in [4.69, 9.17) is 34.8 Å². The Labute approximate surface area is 136 Å². The highest BCUT2D eigenvalue weighted by atomic mass is 35.5. The van der Waals surface area contributed by atoms with Crippen LogP contribution in [0.1, 0.15) is 10.4 Å². The number of hydrogen-bond donors (Lipinski definition) is 1. The number of thioether (sulfide) groups is 1. The van der Waals surface area contributed by atoms with Gasteiger partial charge in [0.15, 0.2) is 0 Å². The molecular weight excluding hydrogens is 337 g/mol. The molecule has 1 N–H and O–H groups in total. The molecule has 0 aliphatic rings. The number of hydrogen-bond acceptors (Lipinski definition) is 2. The Morgan fingerprint density at radius 1 is 1.05 bits per heavy atom. The molecule has 104 valence electrons. The lowest BCUT2D eigenvalue weighted by Crippen LogP contribution is -2.13. The van der Waals surface area contributed by atoms with Crippen molar-refractivity contribution in [3.8, 4) is 0 Å². The standard InChI is InChI=1S/C14H10Cl3NOS/c1-20-9-3-5-11(16)10(7-9)14(19)18-13-6-8(15)2-4-12(13)17/h2-7H,1H3,(H,18,19). The number of nitrogens with one attached hydrogen (secondary N) is 1. The summed E-state index contributed by atoms with van der Waals surface area (Å²) in [5, 5.41) is 4.01. The number of benzene rings is 2. The summed E-state index contributed by atoms with van der Waals surface area (Å²) < 4.78 is 0. The zero-order valence-electron chi connectivity index (χ0n) is 10.4. The van der Waals surface area contributed by atoms with Gasteiger partial charge in [-0.3, -0.25) is 4.79 Å². The van der Waals surface area contributed by atoms with Crippen molar-refractivity contribution < 1.29 is 4.79 Å². The monoisotopic (exact) mass is 345 g/mol. The van der Waals surface area contributed by atoms with Crippen LogP contribution in [0.15, 0.2) is 41.3 Å². The number of rotatable bonds is 3. The highest BCUT2D eigenvalue weighted by molar-refractivity contribution is 7.98. The zero-order valence-corrected chi connectivity index (χ0v) is 13.5. The number of carbonyl (C=O) groups is 1. The van der Waals surface area contributed by atoms with Crippen LogP contribution in [-0.4, -0.2) is 12.2 Å². The first kappa shape index (κ1) is 15.5. The van der Waals surface area contributed by atoms with E-state index in [2.05, 4.69) is 5.32 Å². The van der Waals surface area contributed by atoms with Gasteiger partial charge in [-0.2, -0.15) is 0 Å². The second kappa shape index (κ2) is 6.72. The van der Waals surface area contributed by atoms with Crippen molar-refractivity contribution in [3.63, 3.8) is 0 Å². The minimum absolute atomic E-state index is 0.324. The first-order valence-corrected chi connectivity index (χ1v) is 7.97. The number of carbonyl (C=O) groups excluding carboxylic acids is 1. The normalized spacial score (nSPS) is 10.4. The van der Waals surface area contributed by atoms with Crippen LogP contribution >= 0.6 is 46.6 Å². The van der Waals surface area contributed by atoms with E-state index < -0.39 is 0 Å². The van der Waals surface area contributed by atoms with Crippen molar-refractivity contribution >= 4 is 58.2 Å². The molecule has 0 heterocycles. The van der Waals surface area contributed by atoms with Crippen LogP contribution in [-0.2, 0) is 0 Å². The molecule has 2 rings (SSSR count). The van der Waals surface area contributed by atoms with E-state index in [1.807, 2.05) is 12.3 Å².